The Morgan fingerprint density at radius 1 is 1.53 bits per heavy atom. The molecule has 1 aliphatic rings. The van der Waals surface area contributed by atoms with Crippen LogP contribution in [0.25, 0.3) is 0 Å². The third-order valence-electron chi connectivity index (χ3n) is 2.84. The molecule has 6 heteroatoms. The Labute approximate surface area is 116 Å². The van der Waals surface area contributed by atoms with Gasteiger partial charge in [-0.2, -0.15) is 0 Å². The van der Waals surface area contributed by atoms with Crippen molar-refractivity contribution >= 4 is 29.3 Å². The fourth-order valence-electron chi connectivity index (χ4n) is 1.79. The summed E-state index contributed by atoms with van der Waals surface area (Å²) in [6.07, 6.45) is 0.328. The lowest BCUT2D eigenvalue weighted by Crippen LogP contribution is -2.27. The first-order valence-corrected chi connectivity index (χ1v) is 7.05. The SMILES string of the molecule is CC1Sc2ccc(CNC(=O)CCN)cc2NC1=O. The predicted octanol–water partition coefficient (Wildman–Crippen LogP) is 1.08. The minimum absolute atomic E-state index is 0.0156. The maximum Gasteiger partial charge on any atom is 0.237 e. The van der Waals surface area contributed by atoms with Gasteiger partial charge in [-0.15, -0.1) is 11.8 Å². The van der Waals surface area contributed by atoms with Crippen molar-refractivity contribution in [3.8, 4) is 0 Å². The summed E-state index contributed by atoms with van der Waals surface area (Å²) in [5.74, 6) is -0.0472. The second kappa shape index (κ2) is 6.08. The van der Waals surface area contributed by atoms with Crippen molar-refractivity contribution < 1.29 is 9.59 Å². The van der Waals surface area contributed by atoms with Crippen LogP contribution in [-0.2, 0) is 16.1 Å². The van der Waals surface area contributed by atoms with Crippen LogP contribution < -0.4 is 16.4 Å². The zero-order valence-corrected chi connectivity index (χ0v) is 11.5. The first-order chi connectivity index (χ1) is 9.10. The maximum absolute atomic E-state index is 11.6. The van der Waals surface area contributed by atoms with Crippen molar-refractivity contribution in [2.45, 2.75) is 30.0 Å². The van der Waals surface area contributed by atoms with Gasteiger partial charge in [0.1, 0.15) is 0 Å². The minimum atomic E-state index is -0.0670. The van der Waals surface area contributed by atoms with Crippen LogP contribution in [0.4, 0.5) is 5.69 Å². The summed E-state index contributed by atoms with van der Waals surface area (Å²) in [4.78, 5) is 24.0. The van der Waals surface area contributed by atoms with Gasteiger partial charge < -0.3 is 16.4 Å². The number of nitrogens with one attached hydrogen (secondary N) is 2. The molecule has 0 saturated carbocycles. The molecule has 19 heavy (non-hydrogen) atoms. The molecule has 0 radical (unpaired) electrons. The first-order valence-electron chi connectivity index (χ1n) is 6.17. The molecular formula is C13H17N3O2S. The maximum atomic E-state index is 11.6. The molecule has 102 valence electrons. The van der Waals surface area contributed by atoms with Gasteiger partial charge in [0.2, 0.25) is 11.8 Å². The van der Waals surface area contributed by atoms with Gasteiger partial charge in [0.05, 0.1) is 10.9 Å². The summed E-state index contributed by atoms with van der Waals surface area (Å²) < 4.78 is 0. The van der Waals surface area contributed by atoms with Crippen molar-refractivity contribution in [2.24, 2.45) is 5.73 Å². The molecule has 2 amide bonds. The Kier molecular flexibility index (Phi) is 4.44. The number of carbonyl (C=O) groups excluding carboxylic acids is 2. The number of nitrogens with two attached hydrogens (primary N) is 1. The van der Waals surface area contributed by atoms with Gasteiger partial charge in [-0.1, -0.05) is 6.07 Å². The molecule has 1 atom stereocenters. The average molecular weight is 279 g/mol. The average Bonchev–Trinajstić information content (AvgIpc) is 2.38. The minimum Gasteiger partial charge on any atom is -0.352 e. The molecule has 1 aromatic carbocycles. The molecule has 0 bridgehead atoms. The molecule has 5 nitrogen and oxygen atoms in total. The van der Waals surface area contributed by atoms with E-state index in [4.69, 9.17) is 5.73 Å². The van der Waals surface area contributed by atoms with Crippen molar-refractivity contribution in [3.05, 3.63) is 23.8 Å². The van der Waals surface area contributed by atoms with E-state index in [1.165, 1.54) is 0 Å². The number of carbonyl (C=O) groups is 2. The Hall–Kier alpha value is -1.53. The molecule has 1 aromatic rings. The Balaban J connectivity index is 2.03. The zero-order valence-electron chi connectivity index (χ0n) is 10.7. The highest BCUT2D eigenvalue weighted by Crippen LogP contribution is 2.35. The number of amides is 2. The number of thioether (sulfide) groups is 1. The molecule has 0 spiro atoms. The molecule has 1 heterocycles. The predicted molar refractivity (Wildman–Crippen MR) is 75.9 cm³/mol. The van der Waals surface area contributed by atoms with Crippen LogP contribution in [0.2, 0.25) is 0 Å². The van der Waals surface area contributed by atoms with E-state index < -0.39 is 0 Å². The standard InChI is InChI=1S/C13H17N3O2S/c1-8-13(18)16-10-6-9(2-3-11(10)19-8)7-15-12(17)4-5-14/h2-3,6,8H,4-5,7,14H2,1H3,(H,15,17)(H,16,18). The van der Waals surface area contributed by atoms with Gasteiger partial charge in [0.25, 0.3) is 0 Å². The van der Waals surface area contributed by atoms with Gasteiger partial charge >= 0.3 is 0 Å². The van der Waals surface area contributed by atoms with Crippen LogP contribution in [0.3, 0.4) is 0 Å². The molecule has 1 aliphatic heterocycles. The highest BCUT2D eigenvalue weighted by molar-refractivity contribution is 8.00. The number of anilines is 1. The first kappa shape index (κ1) is 13.9. The summed E-state index contributed by atoms with van der Waals surface area (Å²) in [6.45, 7) is 2.67. The van der Waals surface area contributed by atoms with Gasteiger partial charge in [-0.25, -0.2) is 0 Å². The third-order valence-corrected chi connectivity index (χ3v) is 4.01. The lowest BCUT2D eigenvalue weighted by molar-refractivity contribution is -0.121. The van der Waals surface area contributed by atoms with Gasteiger partial charge in [0.15, 0.2) is 0 Å². The number of hydrogen-bond acceptors (Lipinski definition) is 4. The number of hydrogen-bond donors (Lipinski definition) is 3. The largest absolute Gasteiger partial charge is 0.352 e. The summed E-state index contributed by atoms with van der Waals surface area (Å²) in [5.41, 5.74) is 7.08. The summed E-state index contributed by atoms with van der Waals surface area (Å²) in [7, 11) is 0. The van der Waals surface area contributed by atoms with E-state index >= 15 is 0 Å². The van der Waals surface area contributed by atoms with E-state index in [2.05, 4.69) is 10.6 Å². The summed E-state index contributed by atoms with van der Waals surface area (Å²) in [6, 6.07) is 5.83. The highest BCUT2D eigenvalue weighted by atomic mass is 32.2. The molecule has 4 N–H and O–H groups in total. The lowest BCUT2D eigenvalue weighted by Gasteiger charge is -2.21. The van der Waals surface area contributed by atoms with Crippen LogP contribution in [0.15, 0.2) is 23.1 Å². The molecule has 0 saturated heterocycles. The topological polar surface area (TPSA) is 84.2 Å². The van der Waals surface area contributed by atoms with Crippen LogP contribution in [0.5, 0.6) is 0 Å². The van der Waals surface area contributed by atoms with E-state index in [1.807, 2.05) is 25.1 Å². The van der Waals surface area contributed by atoms with E-state index in [-0.39, 0.29) is 17.1 Å². The smallest absolute Gasteiger partial charge is 0.237 e. The van der Waals surface area contributed by atoms with Gasteiger partial charge in [-0.05, 0) is 24.6 Å². The Bertz CT molecular complexity index is 505. The molecule has 0 aliphatic carbocycles. The monoisotopic (exact) mass is 279 g/mol. The van der Waals surface area contributed by atoms with Gasteiger partial charge in [0, 0.05) is 24.4 Å². The van der Waals surface area contributed by atoms with Crippen LogP contribution in [0, 0.1) is 0 Å². The van der Waals surface area contributed by atoms with E-state index in [1.54, 1.807) is 11.8 Å². The van der Waals surface area contributed by atoms with Crippen molar-refractivity contribution in [1.82, 2.24) is 5.32 Å². The van der Waals surface area contributed by atoms with Crippen molar-refractivity contribution in [3.63, 3.8) is 0 Å². The molecule has 1 unspecified atom stereocenters. The van der Waals surface area contributed by atoms with Gasteiger partial charge in [-0.3, -0.25) is 9.59 Å². The Morgan fingerprint density at radius 3 is 3.05 bits per heavy atom. The normalized spacial score (nSPS) is 17.6. The number of rotatable bonds is 4. The van der Waals surface area contributed by atoms with Crippen LogP contribution in [-0.4, -0.2) is 23.6 Å². The second-order valence-electron chi connectivity index (χ2n) is 4.40. The fraction of sp³-hybridized carbons (Fsp3) is 0.385. The zero-order chi connectivity index (χ0) is 13.8. The third kappa shape index (κ3) is 3.48. The van der Waals surface area contributed by atoms with E-state index in [9.17, 15) is 9.59 Å². The summed E-state index contributed by atoms with van der Waals surface area (Å²) >= 11 is 1.55. The molecule has 0 fully saturated rings. The second-order valence-corrected chi connectivity index (χ2v) is 5.78. The quantitative estimate of drug-likeness (QED) is 0.770. The van der Waals surface area contributed by atoms with Crippen LogP contribution >= 0.6 is 11.8 Å². The lowest BCUT2D eigenvalue weighted by atomic mass is 10.2. The highest BCUT2D eigenvalue weighted by Gasteiger charge is 2.22. The summed E-state index contributed by atoms with van der Waals surface area (Å²) in [5, 5.41) is 5.59. The number of fused-ring (bicyclic) bond motifs is 1. The molecule has 2 rings (SSSR count). The van der Waals surface area contributed by atoms with Crippen molar-refractivity contribution in [2.75, 3.05) is 11.9 Å². The van der Waals surface area contributed by atoms with Crippen LogP contribution in [0.1, 0.15) is 18.9 Å². The Morgan fingerprint density at radius 2 is 2.32 bits per heavy atom. The fourth-order valence-corrected chi connectivity index (χ4v) is 2.72. The molecule has 0 aromatic heterocycles. The van der Waals surface area contributed by atoms with E-state index in [0.29, 0.717) is 19.5 Å². The molecular weight excluding hydrogens is 262 g/mol. The van der Waals surface area contributed by atoms with E-state index in [0.717, 1.165) is 16.1 Å². The number of benzene rings is 1. The van der Waals surface area contributed by atoms with Crippen molar-refractivity contribution in [1.29, 1.82) is 0 Å².